The quantitative estimate of drug-likeness (QED) is 0.0296. The minimum absolute atomic E-state index is 0. The van der Waals surface area contributed by atoms with E-state index < -0.39 is 12.1 Å². The summed E-state index contributed by atoms with van der Waals surface area (Å²) in [7, 11) is 0. The molecule has 1 aliphatic rings. The molecule has 18 heteroatoms. The summed E-state index contributed by atoms with van der Waals surface area (Å²) >= 11 is 14.6. The average Bonchev–Trinajstić information content (AvgIpc) is 3.57. The number of carbonyl (C=O) groups is 3. The topological polar surface area (TPSA) is 251 Å². The van der Waals surface area contributed by atoms with Crippen LogP contribution in [-0.4, -0.2) is 35.4 Å². The van der Waals surface area contributed by atoms with E-state index in [1.807, 2.05) is 48.9 Å². The fourth-order valence-corrected chi connectivity index (χ4v) is 6.12. The number of fused-ring (bicyclic) bond motifs is 1. The Bertz CT molecular complexity index is 1810. The fourth-order valence-electron chi connectivity index (χ4n) is 3.98. The fraction of sp³-hybridized carbons (Fsp3) is 0.226. The summed E-state index contributed by atoms with van der Waals surface area (Å²) < 4.78 is 0. The van der Waals surface area contributed by atoms with Gasteiger partial charge in [0.15, 0.2) is 5.78 Å². The molecule has 0 aliphatic carbocycles. The van der Waals surface area contributed by atoms with E-state index in [2.05, 4.69) is 37.8 Å². The number of nitrogens with zero attached hydrogens (tertiary/aromatic N) is 5. The molecule has 49 heavy (non-hydrogen) atoms. The van der Waals surface area contributed by atoms with Crippen LogP contribution < -0.4 is 28.1 Å². The molecule has 2 aromatic heterocycles. The van der Waals surface area contributed by atoms with Gasteiger partial charge >= 0.3 is 0 Å². The van der Waals surface area contributed by atoms with Crippen molar-refractivity contribution in [3.8, 4) is 0 Å². The number of thiophene rings is 2. The highest BCUT2D eigenvalue weighted by molar-refractivity contribution is 7.15. The highest BCUT2D eigenvalue weighted by Crippen LogP contribution is 2.33. The van der Waals surface area contributed by atoms with Crippen molar-refractivity contribution in [3.05, 3.63) is 113 Å². The predicted octanol–water partition coefficient (Wildman–Crippen LogP) is 7.81. The SMILES string of the molecule is C.Cc1csc(NC(=O)[C@H](C)N)c1C(=O)c1ccc(Cl)cc1.Cc1csc2c1C(c1ccc(Cl)cc1)=N[C@@H](C)C(=O)N2.N/N=N/N.[N-]=[N+]=N. The van der Waals surface area contributed by atoms with Gasteiger partial charge in [0, 0.05) is 26.7 Å². The van der Waals surface area contributed by atoms with Crippen LogP contribution in [0.1, 0.15) is 59.4 Å². The first-order valence-electron chi connectivity index (χ1n) is 13.8. The van der Waals surface area contributed by atoms with Gasteiger partial charge in [-0.1, -0.05) is 53.2 Å². The van der Waals surface area contributed by atoms with Crippen molar-refractivity contribution in [1.29, 1.82) is 5.53 Å². The Morgan fingerprint density at radius 2 is 1.53 bits per heavy atom. The number of rotatable bonds is 5. The lowest BCUT2D eigenvalue weighted by molar-refractivity contribution is -0.117. The van der Waals surface area contributed by atoms with Crippen LogP contribution in [0.5, 0.6) is 0 Å². The Morgan fingerprint density at radius 1 is 1.02 bits per heavy atom. The standard InChI is InChI=1S/C15H15ClN2O2S.C15H13ClN2OS.CH4.H4N4.HN3/c1-8-7-21-15(18-14(20)9(2)17)12(8)13(19)10-3-5-11(16)6-4-10;1-8-7-20-15-12(8)13(17-9(2)14(19)18-15)10-3-5-11(16)6-4-10;;1-3-4-2;1-3-2/h3-7,9H,17H2,1-2H3,(H,18,20);3-7,9H,1-2H3,(H,18,19);1H4;(H2,1,4)(H2,2,3);1H/t2*9-;;;/m00.../s1. The number of amides is 2. The second kappa shape index (κ2) is 20.5. The molecule has 0 saturated heterocycles. The first-order valence-corrected chi connectivity index (χ1v) is 16.3. The molecule has 0 fully saturated rings. The molecule has 0 spiro atoms. The maximum absolute atomic E-state index is 12.6. The van der Waals surface area contributed by atoms with Gasteiger partial charge in [0.2, 0.25) is 11.8 Å². The van der Waals surface area contributed by atoms with Crippen LogP contribution in [-0.2, 0) is 9.59 Å². The number of halogens is 2. The third-order valence-electron chi connectivity index (χ3n) is 6.29. The number of ketones is 1. The second-order valence-electron chi connectivity index (χ2n) is 9.84. The van der Waals surface area contributed by atoms with Gasteiger partial charge < -0.3 is 28.1 Å². The maximum Gasteiger partial charge on any atom is 0.249 e. The summed E-state index contributed by atoms with van der Waals surface area (Å²) in [4.78, 5) is 42.6. The first kappa shape index (κ1) is 42.2. The maximum atomic E-state index is 12.6. The highest BCUT2D eigenvalue weighted by atomic mass is 35.5. The van der Waals surface area contributed by atoms with Gasteiger partial charge in [0.1, 0.15) is 16.0 Å². The lowest BCUT2D eigenvalue weighted by atomic mass is 10.0. The Morgan fingerprint density at radius 3 is 2.04 bits per heavy atom. The molecule has 14 nitrogen and oxygen atoms in total. The van der Waals surface area contributed by atoms with E-state index in [1.165, 1.54) is 22.7 Å². The molecule has 5 rings (SSSR count). The van der Waals surface area contributed by atoms with Gasteiger partial charge in [-0.05, 0) is 96.4 Å². The first-order chi connectivity index (χ1) is 22.8. The molecule has 2 amide bonds. The van der Waals surface area contributed by atoms with E-state index in [9.17, 15) is 14.4 Å². The monoisotopic (exact) mass is 745 g/mol. The Labute approximate surface area is 301 Å². The molecule has 0 bridgehead atoms. The highest BCUT2D eigenvalue weighted by Gasteiger charge is 2.25. The number of aliphatic imine (C=N–C) groups is 1. The van der Waals surface area contributed by atoms with Crippen LogP contribution in [0.15, 0.2) is 74.7 Å². The van der Waals surface area contributed by atoms with Crippen molar-refractivity contribution in [2.75, 3.05) is 10.6 Å². The number of aryl methyl sites for hydroxylation is 2. The zero-order valence-corrected chi connectivity index (χ0v) is 29.3. The molecule has 260 valence electrons. The van der Waals surface area contributed by atoms with Crippen LogP contribution in [0.25, 0.3) is 10.4 Å². The van der Waals surface area contributed by atoms with Crippen molar-refractivity contribution in [2.24, 2.45) is 32.9 Å². The number of benzene rings is 2. The van der Waals surface area contributed by atoms with E-state index in [-0.39, 0.29) is 25.0 Å². The third kappa shape index (κ3) is 12.0. The molecule has 3 heterocycles. The molecular formula is C31H37Cl2N11O3S2. The lowest BCUT2D eigenvalue weighted by Gasteiger charge is -2.09. The summed E-state index contributed by atoms with van der Waals surface area (Å²) in [5.41, 5.74) is 23.6. The van der Waals surface area contributed by atoms with E-state index >= 15 is 0 Å². The van der Waals surface area contributed by atoms with E-state index in [0.29, 0.717) is 26.2 Å². The summed E-state index contributed by atoms with van der Waals surface area (Å²) in [5.74, 6) is 8.18. The Kier molecular flexibility index (Phi) is 17.7. The second-order valence-corrected chi connectivity index (χ2v) is 12.5. The van der Waals surface area contributed by atoms with Crippen molar-refractivity contribution < 1.29 is 14.4 Å². The number of nitrogens with two attached hydrogens (primary N) is 3. The number of carbonyl (C=O) groups excluding carboxylic acids is 3. The minimum Gasteiger partial charge on any atom is -0.320 e. The van der Waals surface area contributed by atoms with Crippen molar-refractivity contribution in [2.45, 2.75) is 47.2 Å². The van der Waals surface area contributed by atoms with Crippen LogP contribution in [0.2, 0.25) is 10.0 Å². The predicted molar refractivity (Wildman–Crippen MR) is 200 cm³/mol. The number of hydrogen-bond acceptors (Lipinski definition) is 10. The summed E-state index contributed by atoms with van der Waals surface area (Å²) in [6.07, 6.45) is 0. The lowest BCUT2D eigenvalue weighted by Crippen LogP contribution is -2.32. The molecular weight excluding hydrogens is 709 g/mol. The number of anilines is 2. The van der Waals surface area contributed by atoms with Gasteiger partial charge in [-0.25, -0.2) is 0 Å². The molecule has 0 saturated carbocycles. The van der Waals surface area contributed by atoms with Gasteiger partial charge in [0.25, 0.3) is 0 Å². The molecule has 4 aromatic rings. The molecule has 2 atom stereocenters. The van der Waals surface area contributed by atoms with Crippen LogP contribution in [0, 0.1) is 19.4 Å². The van der Waals surface area contributed by atoms with Gasteiger partial charge in [-0.2, -0.15) is 0 Å². The summed E-state index contributed by atoms with van der Waals surface area (Å²) in [6, 6.07) is 13.2. The van der Waals surface area contributed by atoms with Gasteiger partial charge in [-0.15, -0.1) is 28.2 Å². The summed E-state index contributed by atoms with van der Waals surface area (Å²) in [6.45, 7) is 7.26. The van der Waals surface area contributed by atoms with E-state index in [0.717, 1.165) is 33.0 Å². The molecule has 9 N–H and O–H groups in total. The smallest absolute Gasteiger partial charge is 0.249 e. The Hall–Kier alpha value is -4.83. The molecule has 0 radical (unpaired) electrons. The van der Waals surface area contributed by atoms with Crippen molar-refractivity contribution >= 4 is 79.2 Å². The van der Waals surface area contributed by atoms with Crippen LogP contribution >= 0.6 is 45.9 Å². The van der Waals surface area contributed by atoms with E-state index in [4.69, 9.17) is 40.0 Å². The molecule has 1 aliphatic heterocycles. The van der Waals surface area contributed by atoms with Crippen LogP contribution in [0.3, 0.4) is 0 Å². The zero-order chi connectivity index (χ0) is 36.0. The number of hydrogen-bond donors (Lipinski definition) is 6. The average molecular weight is 747 g/mol. The van der Waals surface area contributed by atoms with Crippen molar-refractivity contribution in [1.82, 2.24) is 0 Å². The Balaban J connectivity index is 0.000000405. The largest absolute Gasteiger partial charge is 0.320 e. The summed E-state index contributed by atoms with van der Waals surface area (Å²) in [5, 5.41) is 17.4. The van der Waals surface area contributed by atoms with E-state index in [1.54, 1.807) is 43.0 Å². The minimum atomic E-state index is -0.633. The van der Waals surface area contributed by atoms with Gasteiger partial charge in [-0.3, -0.25) is 19.4 Å². The molecule has 2 aromatic carbocycles. The third-order valence-corrected chi connectivity index (χ3v) is 8.82. The van der Waals surface area contributed by atoms with Crippen LogP contribution in [0.4, 0.5) is 10.0 Å². The number of nitrogens with one attached hydrogen (secondary N) is 3. The normalized spacial score (nSPS) is 13.4. The van der Waals surface area contributed by atoms with Gasteiger partial charge in [0.05, 0.1) is 17.3 Å². The zero-order valence-electron chi connectivity index (χ0n) is 26.2. The molecule has 0 unspecified atom stereocenters. The van der Waals surface area contributed by atoms with Crippen molar-refractivity contribution in [3.63, 3.8) is 0 Å².